The summed E-state index contributed by atoms with van der Waals surface area (Å²) >= 11 is 12.4. The molecule has 1 fully saturated rings. The molecule has 8 heteroatoms. The lowest BCUT2D eigenvalue weighted by molar-refractivity contribution is 0.0736. The van der Waals surface area contributed by atoms with Crippen molar-refractivity contribution < 1.29 is 13.9 Å². The Morgan fingerprint density at radius 1 is 1.12 bits per heavy atom. The third-order valence-corrected chi connectivity index (χ3v) is 6.41. The number of aromatic nitrogens is 1. The first-order chi connectivity index (χ1) is 15.8. The number of amides is 1. The first-order valence-corrected chi connectivity index (χ1v) is 11.5. The lowest BCUT2D eigenvalue weighted by atomic mass is 10.0. The monoisotopic (exact) mass is 487 g/mol. The summed E-state index contributed by atoms with van der Waals surface area (Å²) in [5, 5.41) is 3.53. The Bertz CT molecular complexity index is 1170. The summed E-state index contributed by atoms with van der Waals surface area (Å²) in [6.45, 7) is 6.63. The van der Waals surface area contributed by atoms with Crippen LogP contribution < -0.4 is 10.1 Å². The number of halogens is 3. The van der Waals surface area contributed by atoms with E-state index in [1.54, 1.807) is 13.1 Å². The molecule has 0 spiro atoms. The van der Waals surface area contributed by atoms with Crippen LogP contribution in [0.15, 0.2) is 48.7 Å². The molecule has 1 aliphatic rings. The van der Waals surface area contributed by atoms with Crippen LogP contribution in [0.3, 0.4) is 0 Å². The number of carbonyl (C=O) groups is 1. The van der Waals surface area contributed by atoms with E-state index >= 15 is 0 Å². The molecule has 1 amide bonds. The average molecular weight is 488 g/mol. The number of nitrogens with zero attached hydrogens (tertiary/aromatic N) is 2. The fraction of sp³-hybridized carbons (Fsp3) is 0.280. The summed E-state index contributed by atoms with van der Waals surface area (Å²) in [5.41, 5.74) is 3.46. The number of aryl methyl sites for hydroxylation is 1. The second-order valence-electron chi connectivity index (χ2n) is 7.94. The van der Waals surface area contributed by atoms with Crippen molar-refractivity contribution in [2.45, 2.75) is 20.0 Å². The Morgan fingerprint density at radius 3 is 2.52 bits per heavy atom. The summed E-state index contributed by atoms with van der Waals surface area (Å²) in [6, 6.07) is 12.0. The van der Waals surface area contributed by atoms with Gasteiger partial charge in [-0.15, -0.1) is 0 Å². The highest BCUT2D eigenvalue weighted by Gasteiger charge is 2.20. The number of hydrogen-bond donors (Lipinski definition) is 1. The molecular formula is C25H24Cl2FN3O2. The van der Waals surface area contributed by atoms with Crippen LogP contribution in [0.5, 0.6) is 5.75 Å². The van der Waals surface area contributed by atoms with Gasteiger partial charge in [0.05, 0.1) is 10.7 Å². The molecular weight excluding hydrogens is 464 g/mol. The third-order valence-electron chi connectivity index (χ3n) is 5.70. The summed E-state index contributed by atoms with van der Waals surface area (Å²) in [7, 11) is 0. The molecule has 0 radical (unpaired) electrons. The number of ether oxygens (including phenoxy) is 1. The Hall–Kier alpha value is -2.67. The van der Waals surface area contributed by atoms with E-state index in [1.807, 2.05) is 42.2 Å². The van der Waals surface area contributed by atoms with E-state index < -0.39 is 11.9 Å². The quantitative estimate of drug-likeness (QED) is 0.469. The molecule has 1 saturated heterocycles. The first-order valence-electron chi connectivity index (χ1n) is 10.7. The van der Waals surface area contributed by atoms with Gasteiger partial charge in [0.25, 0.3) is 5.91 Å². The summed E-state index contributed by atoms with van der Waals surface area (Å²) in [5.74, 6) is 0.0229. The van der Waals surface area contributed by atoms with Crippen molar-refractivity contribution in [3.05, 3.63) is 81.3 Å². The van der Waals surface area contributed by atoms with E-state index in [0.717, 1.165) is 24.2 Å². The number of carbonyl (C=O) groups excluding carboxylic acids is 1. The molecule has 2 heterocycles. The molecule has 5 nitrogen and oxygen atoms in total. The van der Waals surface area contributed by atoms with Crippen molar-refractivity contribution in [1.82, 2.24) is 15.2 Å². The maximum absolute atomic E-state index is 13.9. The topological polar surface area (TPSA) is 54.5 Å². The van der Waals surface area contributed by atoms with E-state index in [4.69, 9.17) is 27.9 Å². The van der Waals surface area contributed by atoms with Gasteiger partial charge in [-0.05, 0) is 49.7 Å². The molecule has 1 atom stereocenters. The predicted octanol–water partition coefficient (Wildman–Crippen LogP) is 5.69. The second-order valence-corrected chi connectivity index (χ2v) is 8.73. The Morgan fingerprint density at radius 2 is 1.82 bits per heavy atom. The minimum atomic E-state index is -0.588. The van der Waals surface area contributed by atoms with Crippen LogP contribution in [-0.2, 0) is 0 Å². The van der Waals surface area contributed by atoms with E-state index in [1.165, 1.54) is 12.1 Å². The van der Waals surface area contributed by atoms with Gasteiger partial charge >= 0.3 is 0 Å². The molecule has 0 saturated carbocycles. The van der Waals surface area contributed by atoms with E-state index in [0.29, 0.717) is 40.7 Å². The lowest BCUT2D eigenvalue weighted by Crippen LogP contribution is -2.46. The van der Waals surface area contributed by atoms with Crippen LogP contribution in [-0.4, -0.2) is 42.0 Å². The third kappa shape index (κ3) is 5.13. The zero-order valence-electron chi connectivity index (χ0n) is 18.4. The molecule has 1 aromatic heterocycles. The average Bonchev–Trinajstić information content (AvgIpc) is 2.83. The Kier molecular flexibility index (Phi) is 7.17. The molecule has 1 unspecified atom stereocenters. The summed E-state index contributed by atoms with van der Waals surface area (Å²) < 4.78 is 20.0. The Labute approximate surface area is 202 Å². The van der Waals surface area contributed by atoms with Gasteiger partial charge in [0.1, 0.15) is 17.7 Å². The van der Waals surface area contributed by atoms with Crippen molar-refractivity contribution in [2.75, 3.05) is 26.2 Å². The maximum atomic E-state index is 13.9. The second kappa shape index (κ2) is 10.1. The molecule has 1 aliphatic heterocycles. The van der Waals surface area contributed by atoms with Gasteiger partial charge in [0, 0.05) is 54.1 Å². The van der Waals surface area contributed by atoms with E-state index in [-0.39, 0.29) is 10.9 Å². The molecule has 3 aromatic rings. The highest BCUT2D eigenvalue weighted by Crippen LogP contribution is 2.36. The van der Waals surface area contributed by atoms with Crippen LogP contribution in [0.2, 0.25) is 10.0 Å². The minimum absolute atomic E-state index is 0.0341. The molecule has 172 valence electrons. The number of hydrogen-bond acceptors (Lipinski definition) is 4. The number of benzene rings is 2. The van der Waals surface area contributed by atoms with Gasteiger partial charge in [-0.2, -0.15) is 0 Å². The SMILES string of the molecule is Cc1ncc(-c2ccc(C(=O)N3CCNCC3)cc2)cc1OC(C)c1c(Cl)ccc(F)c1Cl. The highest BCUT2D eigenvalue weighted by atomic mass is 35.5. The number of pyridine rings is 1. The summed E-state index contributed by atoms with van der Waals surface area (Å²) in [6.07, 6.45) is 1.16. The van der Waals surface area contributed by atoms with Gasteiger partial charge in [0.15, 0.2) is 0 Å². The van der Waals surface area contributed by atoms with Gasteiger partial charge in [0.2, 0.25) is 0 Å². The molecule has 2 aromatic carbocycles. The van der Waals surface area contributed by atoms with Crippen molar-refractivity contribution in [3.8, 4) is 16.9 Å². The minimum Gasteiger partial charge on any atom is -0.484 e. The molecule has 1 N–H and O–H groups in total. The van der Waals surface area contributed by atoms with E-state index in [2.05, 4.69) is 10.3 Å². The van der Waals surface area contributed by atoms with Gasteiger partial charge in [-0.3, -0.25) is 9.78 Å². The largest absolute Gasteiger partial charge is 0.484 e. The van der Waals surface area contributed by atoms with Crippen molar-refractivity contribution in [3.63, 3.8) is 0 Å². The van der Waals surface area contributed by atoms with E-state index in [9.17, 15) is 9.18 Å². The number of rotatable bonds is 5. The fourth-order valence-electron chi connectivity index (χ4n) is 3.81. The molecule has 4 rings (SSSR count). The zero-order chi connectivity index (χ0) is 23.5. The maximum Gasteiger partial charge on any atom is 0.253 e. The Balaban J connectivity index is 1.55. The van der Waals surface area contributed by atoms with Crippen molar-refractivity contribution >= 4 is 29.1 Å². The number of piperazine rings is 1. The van der Waals surface area contributed by atoms with Crippen LogP contribution in [0.1, 0.15) is 34.6 Å². The lowest BCUT2D eigenvalue weighted by Gasteiger charge is -2.27. The van der Waals surface area contributed by atoms with Crippen LogP contribution >= 0.6 is 23.2 Å². The van der Waals surface area contributed by atoms with Crippen LogP contribution in [0, 0.1) is 12.7 Å². The van der Waals surface area contributed by atoms with Crippen LogP contribution in [0.4, 0.5) is 4.39 Å². The van der Waals surface area contributed by atoms with Gasteiger partial charge in [-0.1, -0.05) is 35.3 Å². The molecule has 0 aliphatic carbocycles. The van der Waals surface area contributed by atoms with Gasteiger partial charge < -0.3 is 15.0 Å². The zero-order valence-corrected chi connectivity index (χ0v) is 19.9. The highest BCUT2D eigenvalue weighted by molar-refractivity contribution is 6.36. The smallest absolute Gasteiger partial charge is 0.253 e. The van der Waals surface area contributed by atoms with Crippen LogP contribution in [0.25, 0.3) is 11.1 Å². The summed E-state index contributed by atoms with van der Waals surface area (Å²) in [4.78, 5) is 19.0. The normalized spacial score (nSPS) is 14.8. The molecule has 0 bridgehead atoms. The fourth-order valence-corrected chi connectivity index (χ4v) is 4.49. The van der Waals surface area contributed by atoms with Crippen molar-refractivity contribution in [2.24, 2.45) is 0 Å². The molecule has 33 heavy (non-hydrogen) atoms. The standard InChI is InChI=1S/C25H24Cl2FN3O2/c1-15-22(33-16(2)23-20(26)7-8-21(28)24(23)27)13-19(14-30-15)17-3-5-18(6-4-17)25(32)31-11-9-29-10-12-31/h3-8,13-14,16,29H,9-12H2,1-2H3. The van der Waals surface area contributed by atoms with Gasteiger partial charge in [-0.25, -0.2) is 4.39 Å². The predicted molar refractivity (Wildman–Crippen MR) is 129 cm³/mol. The first kappa shape index (κ1) is 23.5. The number of nitrogens with one attached hydrogen (secondary N) is 1. The van der Waals surface area contributed by atoms with Crippen molar-refractivity contribution in [1.29, 1.82) is 0 Å².